The van der Waals surface area contributed by atoms with Crippen molar-refractivity contribution < 1.29 is 9.53 Å². The average Bonchev–Trinajstić information content (AvgIpc) is 3.22. The van der Waals surface area contributed by atoms with E-state index in [1.807, 2.05) is 41.4 Å². The lowest BCUT2D eigenvalue weighted by Gasteiger charge is -2.27. The second-order valence-electron chi connectivity index (χ2n) is 7.59. The normalized spacial score (nSPS) is 20.2. The fourth-order valence-electron chi connectivity index (χ4n) is 3.93. The van der Waals surface area contributed by atoms with Gasteiger partial charge < -0.3 is 14.2 Å². The Hall–Kier alpha value is -2.30. The number of imidazole rings is 1. The summed E-state index contributed by atoms with van der Waals surface area (Å²) < 4.78 is 8.00. The Labute approximate surface area is 155 Å². The molecule has 0 spiro atoms. The van der Waals surface area contributed by atoms with Gasteiger partial charge in [0.2, 0.25) is 0 Å². The number of benzene rings is 1. The molecular weight excluding hydrogens is 326 g/mol. The number of hydrogen-bond donors (Lipinski definition) is 0. The first kappa shape index (κ1) is 17.1. The highest BCUT2D eigenvalue weighted by Gasteiger charge is 2.30. The fourth-order valence-corrected chi connectivity index (χ4v) is 3.93. The molecule has 5 nitrogen and oxygen atoms in total. The number of rotatable bonds is 6. The summed E-state index contributed by atoms with van der Waals surface area (Å²) in [5, 5.41) is 0. The van der Waals surface area contributed by atoms with E-state index in [0.29, 0.717) is 11.8 Å². The van der Waals surface area contributed by atoms with Crippen LogP contribution >= 0.6 is 0 Å². The second-order valence-corrected chi connectivity index (χ2v) is 7.59. The van der Waals surface area contributed by atoms with Gasteiger partial charge in [-0.05, 0) is 44.2 Å². The minimum atomic E-state index is 0.0814. The molecule has 4 rings (SSSR count). The number of amides is 1. The molecule has 1 saturated carbocycles. The van der Waals surface area contributed by atoms with Gasteiger partial charge in [0, 0.05) is 37.4 Å². The topological polar surface area (TPSA) is 47.4 Å². The smallest absolute Gasteiger partial charge is 0.260 e. The first-order chi connectivity index (χ1) is 12.7. The number of likely N-dealkylation sites (tertiary alicyclic amines) is 1. The number of nitrogens with zero attached hydrogens (tertiary/aromatic N) is 3. The van der Waals surface area contributed by atoms with Crippen LogP contribution in [0.1, 0.15) is 43.1 Å². The lowest BCUT2D eigenvalue weighted by Crippen LogP contribution is -2.33. The Balaban J connectivity index is 1.31. The highest BCUT2D eigenvalue weighted by molar-refractivity contribution is 5.78. The van der Waals surface area contributed by atoms with E-state index < -0.39 is 0 Å². The Bertz CT molecular complexity index is 752. The third kappa shape index (κ3) is 3.62. The van der Waals surface area contributed by atoms with Gasteiger partial charge in [-0.15, -0.1) is 0 Å². The van der Waals surface area contributed by atoms with Gasteiger partial charge in [0.15, 0.2) is 6.61 Å². The maximum absolute atomic E-state index is 12.4. The molecular formula is C21H27N3O2. The summed E-state index contributed by atoms with van der Waals surface area (Å²) in [5.41, 5.74) is 1.24. The van der Waals surface area contributed by atoms with Gasteiger partial charge in [0.05, 0.1) is 0 Å². The predicted molar refractivity (Wildman–Crippen MR) is 100 cm³/mol. The van der Waals surface area contributed by atoms with Crippen LogP contribution < -0.4 is 4.74 Å². The van der Waals surface area contributed by atoms with Gasteiger partial charge in [-0.3, -0.25) is 4.79 Å². The molecule has 1 amide bonds. The molecule has 1 aliphatic heterocycles. The summed E-state index contributed by atoms with van der Waals surface area (Å²) in [6.07, 6.45) is 6.91. The highest BCUT2D eigenvalue weighted by atomic mass is 16.5. The van der Waals surface area contributed by atoms with Crippen LogP contribution in [0.3, 0.4) is 0 Å². The Morgan fingerprint density at radius 1 is 1.23 bits per heavy atom. The molecule has 1 aliphatic carbocycles. The lowest BCUT2D eigenvalue weighted by molar-refractivity contribution is -0.132. The largest absolute Gasteiger partial charge is 0.484 e. The van der Waals surface area contributed by atoms with Crippen LogP contribution in [0, 0.1) is 12.8 Å². The zero-order chi connectivity index (χ0) is 17.9. The monoisotopic (exact) mass is 353 g/mol. The second kappa shape index (κ2) is 7.52. The zero-order valence-electron chi connectivity index (χ0n) is 15.4. The summed E-state index contributed by atoms with van der Waals surface area (Å²) in [7, 11) is 0. The van der Waals surface area contributed by atoms with Crippen LogP contribution in [0.4, 0.5) is 0 Å². The van der Waals surface area contributed by atoms with Gasteiger partial charge in [-0.25, -0.2) is 4.98 Å². The van der Waals surface area contributed by atoms with Crippen LogP contribution in [0.5, 0.6) is 5.75 Å². The van der Waals surface area contributed by atoms with Crippen LogP contribution in [0.25, 0.3) is 0 Å². The number of para-hydroxylation sites is 1. The minimum absolute atomic E-state index is 0.0814. The van der Waals surface area contributed by atoms with E-state index in [1.165, 1.54) is 30.8 Å². The third-order valence-electron chi connectivity index (χ3n) is 5.74. The molecule has 1 atom stereocenters. The molecule has 2 heterocycles. The third-order valence-corrected chi connectivity index (χ3v) is 5.74. The number of aromatic nitrogens is 2. The predicted octanol–water partition coefficient (Wildman–Crippen LogP) is 3.39. The number of carbonyl (C=O) groups is 1. The summed E-state index contributed by atoms with van der Waals surface area (Å²) in [6.45, 7) is 4.88. The molecule has 0 N–H and O–H groups in total. The van der Waals surface area contributed by atoms with Crippen molar-refractivity contribution in [3.8, 4) is 5.75 Å². The SMILES string of the molecule is Cc1cnc(C2CCC2)n1CC1CCN(C(=O)COc2ccccc2)C1. The molecule has 26 heavy (non-hydrogen) atoms. The minimum Gasteiger partial charge on any atom is -0.484 e. The molecule has 1 aromatic heterocycles. The first-order valence-corrected chi connectivity index (χ1v) is 9.68. The van der Waals surface area contributed by atoms with E-state index in [9.17, 15) is 4.79 Å². The van der Waals surface area contributed by atoms with Crippen LogP contribution in [-0.2, 0) is 11.3 Å². The molecule has 138 valence electrons. The van der Waals surface area contributed by atoms with Gasteiger partial charge >= 0.3 is 0 Å². The van der Waals surface area contributed by atoms with E-state index in [1.54, 1.807) is 0 Å². The molecule has 2 aromatic rings. The summed E-state index contributed by atoms with van der Waals surface area (Å²) >= 11 is 0. The van der Waals surface area contributed by atoms with Crippen molar-refractivity contribution in [1.29, 1.82) is 0 Å². The molecule has 5 heteroatoms. The Kier molecular flexibility index (Phi) is 4.96. The van der Waals surface area contributed by atoms with Crippen LogP contribution in [0.15, 0.2) is 36.5 Å². The number of carbonyl (C=O) groups excluding carboxylic acids is 1. The van der Waals surface area contributed by atoms with E-state index in [4.69, 9.17) is 4.74 Å². The average molecular weight is 353 g/mol. The Morgan fingerprint density at radius 3 is 2.77 bits per heavy atom. The molecule has 0 bridgehead atoms. The van der Waals surface area contributed by atoms with Crippen LogP contribution in [0.2, 0.25) is 0 Å². The molecule has 2 aliphatic rings. The molecule has 1 saturated heterocycles. The molecule has 1 aromatic carbocycles. The standard InChI is InChI=1S/C21H27N3O2/c1-16-12-22-21(18-6-5-7-18)24(16)14-17-10-11-23(13-17)20(25)15-26-19-8-3-2-4-9-19/h2-4,8-9,12,17-18H,5-7,10-11,13-15H2,1H3. The number of hydrogen-bond acceptors (Lipinski definition) is 3. The number of ether oxygens (including phenoxy) is 1. The van der Waals surface area contributed by atoms with Crippen molar-refractivity contribution in [2.75, 3.05) is 19.7 Å². The highest BCUT2D eigenvalue weighted by Crippen LogP contribution is 2.36. The lowest BCUT2D eigenvalue weighted by atomic mass is 9.84. The van der Waals surface area contributed by atoms with E-state index in [-0.39, 0.29) is 12.5 Å². The Morgan fingerprint density at radius 2 is 2.04 bits per heavy atom. The van der Waals surface area contributed by atoms with Crippen molar-refractivity contribution in [3.63, 3.8) is 0 Å². The summed E-state index contributed by atoms with van der Waals surface area (Å²) in [5.74, 6) is 3.23. The fraction of sp³-hybridized carbons (Fsp3) is 0.524. The summed E-state index contributed by atoms with van der Waals surface area (Å²) in [4.78, 5) is 19.1. The van der Waals surface area contributed by atoms with Crippen molar-refractivity contribution >= 4 is 5.91 Å². The number of aryl methyl sites for hydroxylation is 1. The van der Waals surface area contributed by atoms with Crippen LogP contribution in [-0.4, -0.2) is 40.1 Å². The van der Waals surface area contributed by atoms with Crippen molar-refractivity contribution in [2.24, 2.45) is 5.92 Å². The molecule has 1 unspecified atom stereocenters. The zero-order valence-corrected chi connectivity index (χ0v) is 15.4. The molecule has 0 radical (unpaired) electrons. The van der Waals surface area contributed by atoms with Gasteiger partial charge in [0.1, 0.15) is 11.6 Å². The first-order valence-electron chi connectivity index (χ1n) is 9.68. The van der Waals surface area contributed by atoms with E-state index in [2.05, 4.69) is 16.5 Å². The van der Waals surface area contributed by atoms with E-state index in [0.717, 1.165) is 31.8 Å². The molecule has 2 fully saturated rings. The van der Waals surface area contributed by atoms with Gasteiger partial charge in [-0.2, -0.15) is 0 Å². The van der Waals surface area contributed by atoms with Crippen molar-refractivity contribution in [2.45, 2.75) is 45.1 Å². The quantitative estimate of drug-likeness (QED) is 0.800. The van der Waals surface area contributed by atoms with Gasteiger partial charge in [0.25, 0.3) is 5.91 Å². The maximum atomic E-state index is 12.4. The van der Waals surface area contributed by atoms with Gasteiger partial charge in [-0.1, -0.05) is 24.6 Å². The summed E-state index contributed by atoms with van der Waals surface area (Å²) in [6, 6.07) is 9.53. The van der Waals surface area contributed by atoms with Crippen molar-refractivity contribution in [1.82, 2.24) is 14.5 Å². The maximum Gasteiger partial charge on any atom is 0.260 e. The van der Waals surface area contributed by atoms with Crippen molar-refractivity contribution in [3.05, 3.63) is 48.0 Å². The van der Waals surface area contributed by atoms with E-state index >= 15 is 0 Å².